The van der Waals surface area contributed by atoms with E-state index in [4.69, 9.17) is 5.11 Å². The molecule has 2 rings (SSSR count). The summed E-state index contributed by atoms with van der Waals surface area (Å²) in [7, 11) is 0. The van der Waals surface area contributed by atoms with E-state index in [-0.39, 0.29) is 11.3 Å². The maximum Gasteiger partial charge on any atom is 0.416 e. The maximum atomic E-state index is 12.7. The molecule has 110 valence electrons. The average molecular weight is 360 g/mol. The summed E-state index contributed by atoms with van der Waals surface area (Å²) in [6, 6.07) is 8.96. The molecule has 0 unspecified atom stereocenters. The molecule has 0 saturated heterocycles. The van der Waals surface area contributed by atoms with Crippen LogP contribution in [0.4, 0.5) is 24.5 Å². The third-order valence-corrected chi connectivity index (χ3v) is 3.40. The van der Waals surface area contributed by atoms with Crippen molar-refractivity contribution in [1.29, 1.82) is 0 Å². The first kappa shape index (κ1) is 15.4. The maximum absolute atomic E-state index is 12.7. The molecule has 0 atom stereocenters. The van der Waals surface area contributed by atoms with E-state index in [1.54, 1.807) is 0 Å². The number of carbonyl (C=O) groups is 1. The number of anilines is 2. The van der Waals surface area contributed by atoms with Crippen LogP contribution in [0.25, 0.3) is 0 Å². The van der Waals surface area contributed by atoms with Crippen LogP contribution in [0.15, 0.2) is 46.9 Å². The van der Waals surface area contributed by atoms with Crippen molar-refractivity contribution >= 4 is 33.3 Å². The molecular formula is C14H9BrF3NO2. The molecule has 0 fully saturated rings. The van der Waals surface area contributed by atoms with Crippen molar-refractivity contribution in [3.05, 3.63) is 58.1 Å². The van der Waals surface area contributed by atoms with E-state index in [1.165, 1.54) is 30.3 Å². The van der Waals surface area contributed by atoms with Gasteiger partial charge in [-0.2, -0.15) is 13.2 Å². The summed E-state index contributed by atoms with van der Waals surface area (Å²) >= 11 is 3.17. The molecule has 7 heteroatoms. The molecule has 0 spiro atoms. The molecule has 0 heterocycles. The first-order valence-corrected chi connectivity index (χ1v) is 6.54. The van der Waals surface area contributed by atoms with Crippen molar-refractivity contribution in [2.45, 2.75) is 6.18 Å². The Morgan fingerprint density at radius 3 is 2.24 bits per heavy atom. The zero-order valence-corrected chi connectivity index (χ0v) is 12.0. The molecule has 3 nitrogen and oxygen atoms in total. The Balaban J connectivity index is 2.28. The summed E-state index contributed by atoms with van der Waals surface area (Å²) in [5, 5.41) is 11.6. The molecule has 2 aromatic carbocycles. The summed E-state index contributed by atoms with van der Waals surface area (Å²) in [6.45, 7) is 0. The van der Waals surface area contributed by atoms with E-state index < -0.39 is 17.7 Å². The van der Waals surface area contributed by atoms with Gasteiger partial charge in [0.2, 0.25) is 0 Å². The van der Waals surface area contributed by atoms with Gasteiger partial charge in [0.25, 0.3) is 0 Å². The van der Waals surface area contributed by atoms with Gasteiger partial charge in [-0.15, -0.1) is 0 Å². The minimum Gasteiger partial charge on any atom is -0.478 e. The van der Waals surface area contributed by atoms with E-state index in [0.29, 0.717) is 10.2 Å². The van der Waals surface area contributed by atoms with Crippen LogP contribution < -0.4 is 5.32 Å². The van der Waals surface area contributed by atoms with Gasteiger partial charge in [-0.3, -0.25) is 0 Å². The van der Waals surface area contributed by atoms with Crippen LogP contribution in [-0.2, 0) is 6.18 Å². The molecule has 0 saturated carbocycles. The Bertz CT molecular complexity index is 669. The Labute approximate surface area is 126 Å². The summed E-state index contributed by atoms with van der Waals surface area (Å²) < 4.78 is 38.5. The van der Waals surface area contributed by atoms with Crippen LogP contribution in [0.5, 0.6) is 0 Å². The Hall–Kier alpha value is -2.02. The largest absolute Gasteiger partial charge is 0.478 e. The van der Waals surface area contributed by atoms with Gasteiger partial charge in [0.15, 0.2) is 0 Å². The minimum atomic E-state index is -4.43. The normalized spacial score (nSPS) is 11.2. The number of carboxylic acids is 1. The number of hydrogen-bond acceptors (Lipinski definition) is 2. The van der Waals surface area contributed by atoms with Gasteiger partial charge in [0.05, 0.1) is 16.8 Å². The number of benzene rings is 2. The molecule has 0 amide bonds. The number of halogens is 4. The van der Waals surface area contributed by atoms with Crippen LogP contribution in [0.2, 0.25) is 0 Å². The summed E-state index contributed by atoms with van der Waals surface area (Å²) in [5.41, 5.74) is 0.0620. The highest BCUT2D eigenvalue weighted by Gasteiger charge is 2.30. The molecule has 0 aromatic heterocycles. The van der Waals surface area contributed by atoms with Crippen LogP contribution in [-0.4, -0.2) is 11.1 Å². The van der Waals surface area contributed by atoms with Gasteiger partial charge in [0, 0.05) is 10.2 Å². The molecule has 0 bridgehead atoms. The highest BCUT2D eigenvalue weighted by molar-refractivity contribution is 9.10. The summed E-state index contributed by atoms with van der Waals surface area (Å²) in [6.07, 6.45) is -4.43. The van der Waals surface area contributed by atoms with E-state index >= 15 is 0 Å². The molecule has 0 aliphatic rings. The fourth-order valence-corrected chi connectivity index (χ4v) is 1.99. The van der Waals surface area contributed by atoms with Gasteiger partial charge in [0.1, 0.15) is 0 Å². The van der Waals surface area contributed by atoms with E-state index in [9.17, 15) is 18.0 Å². The summed E-state index contributed by atoms with van der Waals surface area (Å²) in [5.74, 6) is -1.07. The Morgan fingerprint density at radius 1 is 1.10 bits per heavy atom. The van der Waals surface area contributed by atoms with Gasteiger partial charge >= 0.3 is 12.1 Å². The predicted octanol–water partition coefficient (Wildman–Crippen LogP) is 4.91. The number of carboxylic acid groups (broad SMARTS) is 1. The molecule has 21 heavy (non-hydrogen) atoms. The van der Waals surface area contributed by atoms with Crippen LogP contribution in [0.1, 0.15) is 15.9 Å². The van der Waals surface area contributed by atoms with Crippen LogP contribution in [0, 0.1) is 0 Å². The quantitative estimate of drug-likeness (QED) is 0.818. The van der Waals surface area contributed by atoms with Crippen LogP contribution in [0.3, 0.4) is 0 Å². The van der Waals surface area contributed by atoms with E-state index in [2.05, 4.69) is 21.2 Å². The number of nitrogens with one attached hydrogen (secondary N) is 1. The second-order valence-electron chi connectivity index (χ2n) is 4.20. The van der Waals surface area contributed by atoms with Crippen molar-refractivity contribution in [1.82, 2.24) is 0 Å². The lowest BCUT2D eigenvalue weighted by molar-refractivity contribution is -0.137. The Morgan fingerprint density at radius 2 is 1.71 bits per heavy atom. The van der Waals surface area contributed by atoms with E-state index in [1.807, 2.05) is 0 Å². The van der Waals surface area contributed by atoms with Crippen molar-refractivity contribution < 1.29 is 23.1 Å². The lowest BCUT2D eigenvalue weighted by atomic mass is 10.1. The van der Waals surface area contributed by atoms with Crippen molar-refractivity contribution in [3.63, 3.8) is 0 Å². The number of rotatable bonds is 3. The number of hydrogen-bond donors (Lipinski definition) is 2. The highest BCUT2D eigenvalue weighted by Crippen LogP contribution is 2.35. The first-order chi connectivity index (χ1) is 9.77. The highest BCUT2D eigenvalue weighted by atomic mass is 79.9. The smallest absolute Gasteiger partial charge is 0.416 e. The zero-order valence-electron chi connectivity index (χ0n) is 10.4. The van der Waals surface area contributed by atoms with Gasteiger partial charge < -0.3 is 10.4 Å². The van der Waals surface area contributed by atoms with Crippen molar-refractivity contribution in [2.75, 3.05) is 5.32 Å². The predicted molar refractivity (Wildman–Crippen MR) is 75.8 cm³/mol. The van der Waals surface area contributed by atoms with Crippen molar-refractivity contribution in [2.24, 2.45) is 0 Å². The monoisotopic (exact) mass is 359 g/mol. The second kappa shape index (κ2) is 5.77. The molecule has 0 aliphatic heterocycles. The fraction of sp³-hybridized carbons (Fsp3) is 0.0714. The van der Waals surface area contributed by atoms with E-state index in [0.717, 1.165) is 12.1 Å². The SMILES string of the molecule is O=C(O)c1ccc(Nc2cc(C(F)(F)F)ccc2Br)cc1. The first-order valence-electron chi connectivity index (χ1n) is 5.74. The number of aromatic carboxylic acids is 1. The third kappa shape index (κ3) is 3.75. The zero-order chi connectivity index (χ0) is 15.6. The molecular weight excluding hydrogens is 351 g/mol. The molecule has 2 aromatic rings. The fourth-order valence-electron chi connectivity index (χ4n) is 1.65. The third-order valence-electron chi connectivity index (χ3n) is 2.70. The Kier molecular flexibility index (Phi) is 4.22. The van der Waals surface area contributed by atoms with Gasteiger partial charge in [-0.1, -0.05) is 0 Å². The second-order valence-corrected chi connectivity index (χ2v) is 5.05. The summed E-state index contributed by atoms with van der Waals surface area (Å²) in [4.78, 5) is 10.7. The average Bonchev–Trinajstić information content (AvgIpc) is 2.40. The van der Waals surface area contributed by atoms with Crippen molar-refractivity contribution in [3.8, 4) is 0 Å². The van der Waals surface area contributed by atoms with Gasteiger partial charge in [-0.25, -0.2) is 4.79 Å². The van der Waals surface area contributed by atoms with Crippen LogP contribution >= 0.6 is 15.9 Å². The standard InChI is InChI=1S/C14H9BrF3NO2/c15-11-6-3-9(14(16,17)18)7-12(11)19-10-4-1-8(2-5-10)13(20)21/h1-7,19H,(H,20,21). The minimum absolute atomic E-state index is 0.101. The molecule has 0 radical (unpaired) electrons. The lowest BCUT2D eigenvalue weighted by Gasteiger charge is -2.12. The molecule has 0 aliphatic carbocycles. The lowest BCUT2D eigenvalue weighted by Crippen LogP contribution is -2.05. The van der Waals surface area contributed by atoms with Gasteiger partial charge in [-0.05, 0) is 58.4 Å². The molecule has 2 N–H and O–H groups in total. The number of alkyl halides is 3. The topological polar surface area (TPSA) is 49.3 Å².